The summed E-state index contributed by atoms with van der Waals surface area (Å²) in [6.07, 6.45) is 0.921. The summed E-state index contributed by atoms with van der Waals surface area (Å²) in [6, 6.07) is 0.609. The smallest absolute Gasteiger partial charge is 0.280 e. The van der Waals surface area contributed by atoms with Gasteiger partial charge in [0, 0.05) is 11.6 Å². The maximum atomic E-state index is 13.1. The highest BCUT2D eigenvalue weighted by atomic mass is 79.9. The second-order valence-corrected chi connectivity index (χ2v) is 7.98. The van der Waals surface area contributed by atoms with Crippen LogP contribution in [0.2, 0.25) is 0 Å². The van der Waals surface area contributed by atoms with Gasteiger partial charge >= 0.3 is 0 Å². The van der Waals surface area contributed by atoms with Gasteiger partial charge in [-0.1, -0.05) is 6.92 Å². The number of nitrogens with two attached hydrogens (primary N) is 1. The predicted molar refractivity (Wildman–Crippen MR) is 106 cm³/mol. The number of aromatic nitrogens is 3. The first-order valence-corrected chi connectivity index (χ1v) is 9.86. The minimum atomic E-state index is -2.75. The van der Waals surface area contributed by atoms with E-state index in [4.69, 9.17) is 5.73 Å². The van der Waals surface area contributed by atoms with Gasteiger partial charge in [0.15, 0.2) is 0 Å². The number of aryl methyl sites for hydroxylation is 1. The molecule has 148 valence electrons. The van der Waals surface area contributed by atoms with Crippen LogP contribution in [-0.4, -0.2) is 26.6 Å². The van der Waals surface area contributed by atoms with E-state index in [0.29, 0.717) is 17.4 Å². The number of pyridine rings is 1. The number of nitrogens with zero attached hydrogens (tertiary/aromatic N) is 3. The van der Waals surface area contributed by atoms with Gasteiger partial charge in [0.2, 0.25) is 5.91 Å². The normalized spacial score (nSPS) is 12.5. The highest BCUT2D eigenvalue weighted by molar-refractivity contribution is 9.10. The van der Waals surface area contributed by atoms with E-state index in [0.717, 1.165) is 15.8 Å². The first kappa shape index (κ1) is 20.3. The van der Waals surface area contributed by atoms with E-state index in [1.165, 1.54) is 10.7 Å². The Labute approximate surface area is 171 Å². The molecule has 0 aliphatic heterocycles. The van der Waals surface area contributed by atoms with Crippen LogP contribution in [-0.2, 0) is 4.79 Å². The average molecular weight is 472 g/mol. The molecule has 7 nitrogen and oxygen atoms in total. The molecular weight excluding hydrogens is 456 g/mol. The molecule has 1 unspecified atom stereocenters. The Morgan fingerprint density at radius 3 is 2.68 bits per heavy atom. The van der Waals surface area contributed by atoms with Gasteiger partial charge in [-0.05, 0) is 40.9 Å². The van der Waals surface area contributed by atoms with Gasteiger partial charge in [-0.15, -0.1) is 11.3 Å². The summed E-state index contributed by atoms with van der Waals surface area (Å²) in [7, 11) is 0. The van der Waals surface area contributed by atoms with Crippen molar-refractivity contribution in [2.24, 2.45) is 5.73 Å². The van der Waals surface area contributed by atoms with Crippen molar-refractivity contribution in [3.05, 3.63) is 39.1 Å². The fourth-order valence-electron chi connectivity index (χ4n) is 2.90. The summed E-state index contributed by atoms with van der Waals surface area (Å²) in [5.41, 5.74) is 5.71. The number of rotatable bonds is 6. The van der Waals surface area contributed by atoms with Crippen molar-refractivity contribution in [3.8, 4) is 0 Å². The lowest BCUT2D eigenvalue weighted by Crippen LogP contribution is -2.27. The largest absolute Gasteiger partial charge is 0.365 e. The summed E-state index contributed by atoms with van der Waals surface area (Å²) in [4.78, 5) is 29.0. The predicted octanol–water partition coefficient (Wildman–Crippen LogP) is 4.19. The van der Waals surface area contributed by atoms with Gasteiger partial charge in [0.25, 0.3) is 12.3 Å². The van der Waals surface area contributed by atoms with Gasteiger partial charge in [0.1, 0.15) is 21.4 Å². The van der Waals surface area contributed by atoms with E-state index in [2.05, 4.69) is 31.3 Å². The summed E-state index contributed by atoms with van der Waals surface area (Å²) >= 11 is 4.16. The number of amides is 2. The monoisotopic (exact) mass is 471 g/mol. The summed E-state index contributed by atoms with van der Waals surface area (Å²) in [5.74, 6) is -1.18. The van der Waals surface area contributed by atoms with Gasteiger partial charge in [-0.25, -0.2) is 13.8 Å². The lowest BCUT2D eigenvalue weighted by Gasteiger charge is -2.16. The van der Waals surface area contributed by atoms with E-state index in [1.54, 1.807) is 19.3 Å². The number of hydrogen-bond donors (Lipinski definition) is 2. The topological polar surface area (TPSA) is 103 Å². The molecular formula is C17H16BrF2N5O2S. The molecule has 3 aromatic heterocycles. The number of primary amides is 1. The van der Waals surface area contributed by atoms with Crippen LogP contribution in [0.15, 0.2) is 22.9 Å². The number of carbonyl (C=O) groups excluding carboxylic acids is 2. The maximum absolute atomic E-state index is 13.1. The number of nitrogens with one attached hydrogen (secondary N) is 1. The van der Waals surface area contributed by atoms with Crippen LogP contribution in [0.1, 0.15) is 46.7 Å². The molecule has 3 heterocycles. The van der Waals surface area contributed by atoms with E-state index in [-0.39, 0.29) is 15.4 Å². The fourth-order valence-corrected chi connectivity index (χ4v) is 4.26. The number of halogens is 3. The minimum absolute atomic E-state index is 0.0573. The first-order chi connectivity index (χ1) is 13.2. The number of fused-ring (bicyclic) bond motifs is 1. The average Bonchev–Trinajstić information content (AvgIpc) is 3.20. The van der Waals surface area contributed by atoms with Crippen LogP contribution < -0.4 is 11.1 Å². The van der Waals surface area contributed by atoms with E-state index in [1.807, 2.05) is 6.92 Å². The summed E-state index contributed by atoms with van der Waals surface area (Å²) in [6.45, 7) is 3.44. The molecule has 0 spiro atoms. The van der Waals surface area contributed by atoms with Gasteiger partial charge in [0.05, 0.1) is 16.4 Å². The van der Waals surface area contributed by atoms with Crippen molar-refractivity contribution in [2.45, 2.75) is 32.7 Å². The van der Waals surface area contributed by atoms with E-state index in [9.17, 15) is 18.4 Å². The number of anilines is 1. The quantitative estimate of drug-likeness (QED) is 0.562. The highest BCUT2D eigenvalue weighted by Crippen LogP contribution is 2.38. The molecule has 2 amide bonds. The molecule has 0 radical (unpaired) electrons. The number of alkyl halides is 2. The van der Waals surface area contributed by atoms with Crippen LogP contribution in [0.3, 0.4) is 0 Å². The summed E-state index contributed by atoms with van der Waals surface area (Å²) < 4.78 is 28.3. The van der Waals surface area contributed by atoms with Gasteiger partial charge < -0.3 is 11.1 Å². The Kier molecular flexibility index (Phi) is 5.75. The molecule has 3 aromatic rings. The Morgan fingerprint density at radius 1 is 1.43 bits per heavy atom. The molecule has 0 saturated carbocycles. The van der Waals surface area contributed by atoms with E-state index >= 15 is 0 Å². The Hall–Kier alpha value is -2.40. The third-order valence-electron chi connectivity index (χ3n) is 4.15. The Bertz CT molecular complexity index is 1070. The lowest BCUT2D eigenvalue weighted by atomic mass is 10.1. The van der Waals surface area contributed by atoms with Crippen molar-refractivity contribution >= 4 is 55.0 Å². The third kappa shape index (κ3) is 3.76. The van der Waals surface area contributed by atoms with Crippen molar-refractivity contribution < 1.29 is 18.4 Å². The SMILES string of the molecule is CCC(C(=O)Nc1c(C(N)=O)sc2nc(C(F)F)cc(C)c12)n1cc(Br)cn1. The molecule has 0 aromatic carbocycles. The molecule has 0 aliphatic rings. The fraction of sp³-hybridized carbons (Fsp3) is 0.294. The first-order valence-electron chi connectivity index (χ1n) is 8.25. The van der Waals surface area contributed by atoms with Gasteiger partial charge in [-0.3, -0.25) is 14.3 Å². The highest BCUT2D eigenvalue weighted by Gasteiger charge is 2.26. The van der Waals surface area contributed by atoms with Gasteiger partial charge in [-0.2, -0.15) is 5.10 Å². The zero-order valence-electron chi connectivity index (χ0n) is 14.9. The van der Waals surface area contributed by atoms with Crippen molar-refractivity contribution in [3.63, 3.8) is 0 Å². The lowest BCUT2D eigenvalue weighted by molar-refractivity contribution is -0.119. The zero-order chi connectivity index (χ0) is 20.6. The molecule has 28 heavy (non-hydrogen) atoms. The van der Waals surface area contributed by atoms with E-state index < -0.39 is 30.0 Å². The van der Waals surface area contributed by atoms with Crippen LogP contribution in [0.25, 0.3) is 10.2 Å². The molecule has 0 saturated heterocycles. The minimum Gasteiger partial charge on any atom is -0.365 e. The number of carbonyl (C=O) groups is 2. The van der Waals surface area contributed by atoms with Crippen LogP contribution >= 0.6 is 27.3 Å². The molecule has 0 bridgehead atoms. The molecule has 3 rings (SSSR count). The second-order valence-electron chi connectivity index (χ2n) is 6.07. The van der Waals surface area contributed by atoms with Crippen LogP contribution in [0.4, 0.5) is 14.5 Å². The molecule has 0 aliphatic carbocycles. The maximum Gasteiger partial charge on any atom is 0.280 e. The van der Waals surface area contributed by atoms with Crippen molar-refractivity contribution in [1.82, 2.24) is 14.8 Å². The molecule has 3 N–H and O–H groups in total. The zero-order valence-corrected chi connectivity index (χ0v) is 17.3. The van der Waals surface area contributed by atoms with Crippen LogP contribution in [0.5, 0.6) is 0 Å². The number of hydrogen-bond acceptors (Lipinski definition) is 5. The molecule has 11 heteroatoms. The Balaban J connectivity index is 2.07. The summed E-state index contributed by atoms with van der Waals surface area (Å²) in [5, 5.41) is 7.28. The third-order valence-corrected chi connectivity index (χ3v) is 5.66. The van der Waals surface area contributed by atoms with Crippen molar-refractivity contribution in [1.29, 1.82) is 0 Å². The standard InChI is InChI=1S/C17H16BrF2N5O2S/c1-3-10(25-6-8(18)5-22-25)16(27)24-12-11-7(2)4-9(14(19)20)23-17(11)28-13(12)15(21)26/h4-6,10,14H,3H2,1-2H3,(H2,21,26)(H,24,27). The second kappa shape index (κ2) is 7.92. The van der Waals surface area contributed by atoms with Crippen molar-refractivity contribution in [2.75, 3.05) is 5.32 Å². The number of thiophene rings is 1. The molecule has 0 fully saturated rings. The van der Waals surface area contributed by atoms with Crippen LogP contribution in [0, 0.1) is 6.92 Å². The molecule has 1 atom stereocenters. The Morgan fingerprint density at radius 2 is 2.14 bits per heavy atom.